The van der Waals surface area contributed by atoms with Crippen LogP contribution in [0.1, 0.15) is 25.7 Å². The highest BCUT2D eigenvalue weighted by Crippen LogP contribution is 2.77. The second kappa shape index (κ2) is 3.83. The topological polar surface area (TPSA) is 18.5 Å². The van der Waals surface area contributed by atoms with Gasteiger partial charge in [0, 0.05) is 7.11 Å². The molecule has 6 aliphatic carbocycles. The summed E-state index contributed by atoms with van der Waals surface area (Å²) in [5.74, 6) is 11.5. The first kappa shape index (κ1) is 12.9. The molecule has 8 bridgehead atoms. The third-order valence-corrected chi connectivity index (χ3v) is 10.8. The van der Waals surface area contributed by atoms with Gasteiger partial charge in [0.1, 0.15) is 0 Å². The summed E-state index contributed by atoms with van der Waals surface area (Å²) in [6.45, 7) is 0. The van der Waals surface area contributed by atoms with E-state index in [2.05, 4.69) is 12.2 Å². The summed E-state index contributed by atoms with van der Waals surface area (Å²) in [6.07, 6.45) is 12.9. The molecule has 5 saturated carbocycles. The Kier molecular flexibility index (Phi) is 2.06. The van der Waals surface area contributed by atoms with Crippen LogP contribution in [0.15, 0.2) is 12.2 Å². The zero-order chi connectivity index (χ0) is 15.3. The van der Waals surface area contributed by atoms with Crippen molar-refractivity contribution < 1.29 is 9.47 Å². The molecule has 0 radical (unpaired) electrons. The molecule has 0 spiro atoms. The first-order valence-corrected chi connectivity index (χ1v) is 10.7. The lowest BCUT2D eigenvalue weighted by Crippen LogP contribution is -2.50. The van der Waals surface area contributed by atoms with Gasteiger partial charge in [0.05, 0.1) is 18.3 Å². The van der Waals surface area contributed by atoms with Crippen LogP contribution < -0.4 is 0 Å². The van der Waals surface area contributed by atoms with Crippen molar-refractivity contribution in [3.8, 4) is 0 Å². The van der Waals surface area contributed by atoms with Crippen LogP contribution in [0.5, 0.6) is 0 Å². The summed E-state index contributed by atoms with van der Waals surface area (Å²) >= 11 is 0. The van der Waals surface area contributed by atoms with E-state index in [0.717, 1.165) is 71.0 Å². The van der Waals surface area contributed by atoms with Crippen molar-refractivity contribution >= 4 is 0 Å². The van der Waals surface area contributed by atoms with Crippen LogP contribution in [0.4, 0.5) is 0 Å². The van der Waals surface area contributed by atoms with Crippen molar-refractivity contribution in [3.05, 3.63) is 12.2 Å². The molecule has 2 saturated heterocycles. The molecule has 2 nitrogen and oxygen atoms in total. The van der Waals surface area contributed by atoms with Crippen molar-refractivity contribution in [2.24, 2.45) is 71.0 Å². The maximum Gasteiger partial charge on any atom is 0.0649 e. The van der Waals surface area contributed by atoms with Gasteiger partial charge in [-0.1, -0.05) is 12.2 Å². The fourth-order valence-electron chi connectivity index (χ4n) is 10.7. The van der Waals surface area contributed by atoms with Crippen molar-refractivity contribution in [1.82, 2.24) is 0 Å². The Bertz CT molecular complexity index is 656. The number of fused-ring (bicyclic) bond motifs is 23. The predicted molar refractivity (Wildman–Crippen MR) is 88.9 cm³/mol. The van der Waals surface area contributed by atoms with Crippen LogP contribution in [-0.2, 0) is 9.47 Å². The van der Waals surface area contributed by atoms with Gasteiger partial charge in [0.2, 0.25) is 0 Å². The molecule has 2 heteroatoms. The van der Waals surface area contributed by atoms with Gasteiger partial charge < -0.3 is 9.47 Å². The Balaban J connectivity index is 1.21. The van der Waals surface area contributed by atoms with Crippen LogP contribution in [0.25, 0.3) is 0 Å². The van der Waals surface area contributed by atoms with Crippen molar-refractivity contribution in [1.29, 1.82) is 0 Å². The number of rotatable bonds is 1. The van der Waals surface area contributed by atoms with Crippen molar-refractivity contribution in [2.45, 2.75) is 44.0 Å². The van der Waals surface area contributed by atoms with Crippen LogP contribution in [-0.4, -0.2) is 25.4 Å². The van der Waals surface area contributed by atoms with Gasteiger partial charge >= 0.3 is 0 Å². The Morgan fingerprint density at radius 3 is 2.08 bits per heavy atom. The van der Waals surface area contributed by atoms with Gasteiger partial charge in [-0.15, -0.1) is 0 Å². The van der Waals surface area contributed by atoms with E-state index in [-0.39, 0.29) is 0 Å². The smallest absolute Gasteiger partial charge is 0.0649 e. The minimum absolute atomic E-state index is 0.550. The average molecular weight is 324 g/mol. The number of allylic oxidation sites excluding steroid dienone is 2. The first-order valence-electron chi connectivity index (χ1n) is 10.7. The Labute approximate surface area is 144 Å². The molecule has 15 atom stereocenters. The average Bonchev–Trinajstić information content (AvgIpc) is 3.44. The van der Waals surface area contributed by atoms with Crippen LogP contribution in [0, 0.1) is 71.0 Å². The molecule has 0 aromatic heterocycles. The maximum atomic E-state index is 6.84. The lowest BCUT2D eigenvalue weighted by atomic mass is 9.55. The molecule has 0 amide bonds. The van der Waals surface area contributed by atoms with Gasteiger partial charge in [-0.2, -0.15) is 0 Å². The number of methoxy groups -OCH3 is 1. The molecule has 2 aliphatic heterocycles. The molecule has 2 heterocycles. The molecule has 8 aliphatic rings. The van der Waals surface area contributed by atoms with E-state index in [0.29, 0.717) is 18.3 Å². The van der Waals surface area contributed by atoms with Crippen LogP contribution in [0.2, 0.25) is 0 Å². The summed E-state index contributed by atoms with van der Waals surface area (Å²) in [5, 5.41) is 0. The van der Waals surface area contributed by atoms with Gasteiger partial charge in [-0.25, -0.2) is 0 Å². The second-order valence-corrected chi connectivity index (χ2v) is 10.7. The summed E-state index contributed by atoms with van der Waals surface area (Å²) < 4.78 is 12.7. The Hall–Kier alpha value is -0.340. The molecule has 0 aromatic rings. The predicted octanol–water partition coefficient (Wildman–Crippen LogP) is 3.38. The SMILES string of the molecule is COC1CC2CC1C1C3OC(C21)C1C2CC(C4C5C=CC(C5)C24)C31. The highest BCUT2D eigenvalue weighted by atomic mass is 16.5. The summed E-state index contributed by atoms with van der Waals surface area (Å²) in [5.41, 5.74) is 0. The van der Waals surface area contributed by atoms with Crippen LogP contribution >= 0.6 is 0 Å². The number of ether oxygens (including phenoxy) is 2. The highest BCUT2D eigenvalue weighted by Gasteiger charge is 2.77. The zero-order valence-corrected chi connectivity index (χ0v) is 14.5. The first-order chi connectivity index (χ1) is 11.8. The van der Waals surface area contributed by atoms with Crippen molar-refractivity contribution in [3.63, 3.8) is 0 Å². The minimum atomic E-state index is 0.550. The lowest BCUT2D eigenvalue weighted by Gasteiger charge is -2.48. The third kappa shape index (κ3) is 1.12. The molecule has 128 valence electrons. The van der Waals surface area contributed by atoms with E-state index in [1.807, 2.05) is 7.11 Å². The van der Waals surface area contributed by atoms with Crippen molar-refractivity contribution in [2.75, 3.05) is 7.11 Å². The molecule has 8 rings (SSSR count). The minimum Gasteiger partial charge on any atom is -0.381 e. The standard InChI is InChI=1S/C22H28O2/c1-23-14-6-10-5-11(14)18-17(10)21-19-12-7-13(20(19)22(18)24-21)16-9-3-2-8(4-9)15(12)16/h2-3,8-22H,4-7H2,1H3. The molecule has 7 fully saturated rings. The number of hydrogen-bond acceptors (Lipinski definition) is 2. The Morgan fingerprint density at radius 1 is 0.708 bits per heavy atom. The highest BCUT2D eigenvalue weighted by molar-refractivity contribution is 5.27. The Morgan fingerprint density at radius 2 is 1.38 bits per heavy atom. The molecule has 0 N–H and O–H groups in total. The fraction of sp³-hybridized carbons (Fsp3) is 0.909. The number of hydrogen-bond donors (Lipinski definition) is 0. The molecular formula is C22H28O2. The third-order valence-electron chi connectivity index (χ3n) is 10.8. The molecular weight excluding hydrogens is 296 g/mol. The van der Waals surface area contributed by atoms with Gasteiger partial charge in [-0.05, 0) is 96.7 Å². The molecule has 24 heavy (non-hydrogen) atoms. The molecule has 0 aromatic carbocycles. The monoisotopic (exact) mass is 324 g/mol. The van der Waals surface area contributed by atoms with E-state index >= 15 is 0 Å². The summed E-state index contributed by atoms with van der Waals surface area (Å²) in [4.78, 5) is 0. The van der Waals surface area contributed by atoms with E-state index in [1.54, 1.807) is 6.42 Å². The quantitative estimate of drug-likeness (QED) is 0.544. The van der Waals surface area contributed by atoms with Gasteiger partial charge in [-0.3, -0.25) is 0 Å². The van der Waals surface area contributed by atoms with E-state index in [1.165, 1.54) is 19.3 Å². The van der Waals surface area contributed by atoms with E-state index in [9.17, 15) is 0 Å². The lowest BCUT2D eigenvalue weighted by molar-refractivity contribution is -0.0290. The second-order valence-electron chi connectivity index (χ2n) is 10.7. The summed E-state index contributed by atoms with van der Waals surface area (Å²) in [6, 6.07) is 0. The van der Waals surface area contributed by atoms with E-state index in [4.69, 9.17) is 9.47 Å². The largest absolute Gasteiger partial charge is 0.381 e. The van der Waals surface area contributed by atoms with E-state index < -0.39 is 0 Å². The maximum absolute atomic E-state index is 6.84. The van der Waals surface area contributed by atoms with Crippen LogP contribution in [0.3, 0.4) is 0 Å². The summed E-state index contributed by atoms with van der Waals surface area (Å²) in [7, 11) is 1.95. The fourth-order valence-corrected chi connectivity index (χ4v) is 10.7. The van der Waals surface area contributed by atoms with Gasteiger partial charge in [0.15, 0.2) is 0 Å². The normalized spacial score (nSPS) is 74.5. The molecule has 15 unspecified atom stereocenters. The van der Waals surface area contributed by atoms with Gasteiger partial charge in [0.25, 0.3) is 0 Å². The zero-order valence-electron chi connectivity index (χ0n) is 14.5.